The molecule has 108 valence electrons. The van der Waals surface area contributed by atoms with Crippen molar-refractivity contribution in [2.24, 2.45) is 10.9 Å². The van der Waals surface area contributed by atoms with Crippen LogP contribution in [0.2, 0.25) is 0 Å². The zero-order valence-electron chi connectivity index (χ0n) is 12.1. The molecule has 0 spiro atoms. The maximum atomic E-state index is 4.51. The van der Waals surface area contributed by atoms with Crippen LogP contribution >= 0.6 is 0 Å². The van der Waals surface area contributed by atoms with E-state index in [2.05, 4.69) is 44.7 Å². The van der Waals surface area contributed by atoms with Crippen LogP contribution in [0.5, 0.6) is 0 Å². The summed E-state index contributed by atoms with van der Waals surface area (Å²) in [6.45, 7) is 3.82. The molecule has 3 heterocycles. The third kappa shape index (κ3) is 2.51. The monoisotopic (exact) mass is 281 g/mol. The first-order chi connectivity index (χ1) is 10.3. The fourth-order valence-corrected chi connectivity index (χ4v) is 2.67. The number of nitrogens with zero attached hydrogens (tertiary/aromatic N) is 2. The van der Waals surface area contributed by atoms with Crippen LogP contribution in [0.4, 0.5) is 0 Å². The lowest BCUT2D eigenvalue weighted by atomic mass is 10.1. The molecule has 2 aromatic rings. The average molecular weight is 281 g/mol. The van der Waals surface area contributed by atoms with Crippen molar-refractivity contribution in [3.63, 3.8) is 0 Å². The number of aromatic nitrogens is 2. The number of rotatable bonds is 3. The number of H-pyrrole nitrogens is 1. The average Bonchev–Trinajstić information content (AvgIpc) is 3.13. The van der Waals surface area contributed by atoms with Gasteiger partial charge in [0.15, 0.2) is 5.96 Å². The van der Waals surface area contributed by atoms with Gasteiger partial charge >= 0.3 is 0 Å². The van der Waals surface area contributed by atoms with Gasteiger partial charge in [-0.3, -0.25) is 0 Å². The smallest absolute Gasteiger partial charge is 0.196 e. The topological polar surface area (TPSA) is 65.1 Å². The van der Waals surface area contributed by atoms with E-state index in [1.807, 2.05) is 12.3 Å². The van der Waals surface area contributed by atoms with Crippen LogP contribution in [0.15, 0.2) is 29.0 Å². The summed E-state index contributed by atoms with van der Waals surface area (Å²) < 4.78 is 0. The summed E-state index contributed by atoms with van der Waals surface area (Å²) in [4.78, 5) is 12.2. The van der Waals surface area contributed by atoms with Gasteiger partial charge in [-0.2, -0.15) is 0 Å². The van der Waals surface area contributed by atoms with E-state index in [0.29, 0.717) is 6.54 Å². The number of hydrogen-bond acceptors (Lipinski definition) is 4. The van der Waals surface area contributed by atoms with Crippen molar-refractivity contribution in [2.45, 2.75) is 19.8 Å². The van der Waals surface area contributed by atoms with Crippen LogP contribution in [0.25, 0.3) is 17.1 Å². The molecule has 0 bridgehead atoms. The Hall–Kier alpha value is -2.30. The highest BCUT2D eigenvalue weighted by atomic mass is 15.2. The fourth-order valence-electron chi connectivity index (χ4n) is 2.67. The maximum Gasteiger partial charge on any atom is 0.196 e. The van der Waals surface area contributed by atoms with E-state index in [1.54, 1.807) is 0 Å². The summed E-state index contributed by atoms with van der Waals surface area (Å²) in [6.07, 6.45) is 6.69. The van der Waals surface area contributed by atoms with Gasteiger partial charge in [0.25, 0.3) is 0 Å². The quantitative estimate of drug-likeness (QED) is 0.808. The second-order valence-corrected chi connectivity index (χ2v) is 5.85. The van der Waals surface area contributed by atoms with Crippen LogP contribution < -0.4 is 10.6 Å². The molecule has 5 heteroatoms. The number of aliphatic imine (C=N–C) groups is 1. The third-order valence-electron chi connectivity index (χ3n) is 4.07. The van der Waals surface area contributed by atoms with E-state index < -0.39 is 0 Å². The van der Waals surface area contributed by atoms with Crippen molar-refractivity contribution in [3.8, 4) is 0 Å². The van der Waals surface area contributed by atoms with Gasteiger partial charge in [-0.15, -0.1) is 0 Å². The molecule has 2 aromatic heterocycles. The molecule has 0 atom stereocenters. The maximum absolute atomic E-state index is 4.51. The molecule has 21 heavy (non-hydrogen) atoms. The van der Waals surface area contributed by atoms with E-state index in [1.165, 1.54) is 18.4 Å². The number of aryl methyl sites for hydroxylation is 1. The molecule has 1 aliphatic carbocycles. The first kappa shape index (κ1) is 12.4. The third-order valence-corrected chi connectivity index (χ3v) is 4.07. The molecule has 0 aromatic carbocycles. The van der Waals surface area contributed by atoms with Gasteiger partial charge in [0.1, 0.15) is 5.65 Å². The van der Waals surface area contributed by atoms with Crippen molar-refractivity contribution in [1.82, 2.24) is 20.6 Å². The summed E-state index contributed by atoms with van der Waals surface area (Å²) in [5, 5.41) is 7.91. The molecule has 0 radical (unpaired) electrons. The molecule has 5 nitrogen and oxygen atoms in total. The summed E-state index contributed by atoms with van der Waals surface area (Å²) >= 11 is 0. The Morgan fingerprint density at radius 3 is 3.19 bits per heavy atom. The van der Waals surface area contributed by atoms with E-state index >= 15 is 0 Å². The fraction of sp³-hybridized carbons (Fsp3) is 0.375. The molecular weight excluding hydrogens is 262 g/mol. The summed E-state index contributed by atoms with van der Waals surface area (Å²) in [5.41, 5.74) is 4.39. The lowest BCUT2D eigenvalue weighted by molar-refractivity contribution is 0.762. The zero-order valence-corrected chi connectivity index (χ0v) is 12.1. The van der Waals surface area contributed by atoms with Gasteiger partial charge in [-0.25, -0.2) is 9.98 Å². The summed E-state index contributed by atoms with van der Waals surface area (Å²) in [6, 6.07) is 4.07. The number of aromatic amines is 1. The van der Waals surface area contributed by atoms with Gasteiger partial charge < -0.3 is 15.6 Å². The van der Waals surface area contributed by atoms with Gasteiger partial charge in [-0.1, -0.05) is 0 Å². The number of pyridine rings is 1. The molecular formula is C16H19N5. The molecule has 0 saturated heterocycles. The molecule has 2 aliphatic rings. The highest BCUT2D eigenvalue weighted by Gasteiger charge is 2.22. The van der Waals surface area contributed by atoms with Gasteiger partial charge in [0.05, 0.1) is 6.54 Å². The first-order valence-electron chi connectivity index (χ1n) is 7.49. The minimum Gasteiger partial charge on any atom is -0.356 e. The van der Waals surface area contributed by atoms with Crippen LogP contribution in [0, 0.1) is 12.8 Å². The molecule has 0 unspecified atom stereocenters. The molecule has 3 N–H and O–H groups in total. The van der Waals surface area contributed by atoms with Crippen molar-refractivity contribution in [3.05, 3.63) is 35.3 Å². The van der Waals surface area contributed by atoms with Crippen molar-refractivity contribution in [1.29, 1.82) is 0 Å². The van der Waals surface area contributed by atoms with E-state index in [9.17, 15) is 0 Å². The minimum absolute atomic E-state index is 0.708. The van der Waals surface area contributed by atoms with Crippen molar-refractivity contribution in [2.75, 3.05) is 13.1 Å². The largest absolute Gasteiger partial charge is 0.356 e. The predicted molar refractivity (Wildman–Crippen MR) is 85.0 cm³/mol. The van der Waals surface area contributed by atoms with Gasteiger partial charge in [0, 0.05) is 35.1 Å². The SMILES string of the molecule is Cc1[nH]c2ncccc2c1/C=C1/CN=C(NCC2CC2)N1. The normalized spacial score (nSPS) is 19.9. The zero-order chi connectivity index (χ0) is 14.2. The Kier molecular flexibility index (Phi) is 2.91. The van der Waals surface area contributed by atoms with E-state index in [0.717, 1.165) is 40.8 Å². The Bertz CT molecular complexity index is 736. The van der Waals surface area contributed by atoms with E-state index in [-0.39, 0.29) is 0 Å². The lowest BCUT2D eigenvalue weighted by Gasteiger charge is -2.06. The molecule has 0 amide bonds. The molecule has 1 aliphatic heterocycles. The number of fused-ring (bicyclic) bond motifs is 1. The van der Waals surface area contributed by atoms with Crippen LogP contribution in [-0.2, 0) is 0 Å². The summed E-state index contributed by atoms with van der Waals surface area (Å²) in [7, 11) is 0. The highest BCUT2D eigenvalue weighted by Crippen LogP contribution is 2.27. The number of hydrogen-bond donors (Lipinski definition) is 3. The van der Waals surface area contributed by atoms with Crippen LogP contribution in [0.3, 0.4) is 0 Å². The second-order valence-electron chi connectivity index (χ2n) is 5.85. The summed E-state index contributed by atoms with van der Waals surface area (Å²) in [5.74, 6) is 1.76. The van der Waals surface area contributed by atoms with Crippen LogP contribution in [0.1, 0.15) is 24.1 Å². The first-order valence-corrected chi connectivity index (χ1v) is 7.49. The molecule has 1 fully saturated rings. The van der Waals surface area contributed by atoms with Crippen LogP contribution in [-0.4, -0.2) is 29.0 Å². The number of nitrogens with one attached hydrogen (secondary N) is 3. The Labute approximate surface area is 123 Å². The van der Waals surface area contributed by atoms with Crippen molar-refractivity contribution >= 4 is 23.1 Å². The van der Waals surface area contributed by atoms with E-state index in [4.69, 9.17) is 0 Å². The standard InChI is InChI=1S/C16H19N5/c1-10-14(13-3-2-6-17-15(13)20-10)7-12-9-19-16(21-12)18-8-11-4-5-11/h2-3,6-7,11H,4-5,8-9H2,1H3,(H,17,20)(H2,18,19,21)/b12-7-. The van der Waals surface area contributed by atoms with Gasteiger partial charge in [0.2, 0.25) is 0 Å². The predicted octanol–water partition coefficient (Wildman–Crippen LogP) is 2.17. The molecule has 4 rings (SSSR count). The Morgan fingerprint density at radius 2 is 2.33 bits per heavy atom. The second kappa shape index (κ2) is 4.91. The highest BCUT2D eigenvalue weighted by molar-refractivity contribution is 5.91. The minimum atomic E-state index is 0.708. The molecule has 1 saturated carbocycles. The lowest BCUT2D eigenvalue weighted by Crippen LogP contribution is -2.34. The Balaban J connectivity index is 1.53. The van der Waals surface area contributed by atoms with Crippen molar-refractivity contribution < 1.29 is 0 Å². The van der Waals surface area contributed by atoms with Gasteiger partial charge in [-0.05, 0) is 43.9 Å². The number of guanidine groups is 1. The Morgan fingerprint density at radius 1 is 1.43 bits per heavy atom.